The molecule has 7 nitrogen and oxygen atoms in total. The molecule has 2 aromatic rings. The lowest BCUT2D eigenvalue weighted by Gasteiger charge is -2.11. The number of aromatic nitrogens is 2. The second kappa shape index (κ2) is 10.0. The average Bonchev–Trinajstić information content (AvgIpc) is 2.96. The first kappa shape index (κ1) is 23.1. The predicted molar refractivity (Wildman–Crippen MR) is 102 cm³/mol. The molecule has 0 saturated heterocycles. The number of carbonyl (C=O) groups excluding carboxylic acids is 1. The van der Waals surface area contributed by atoms with E-state index in [1.807, 2.05) is 0 Å². The van der Waals surface area contributed by atoms with Crippen molar-refractivity contribution in [2.45, 2.75) is 19.3 Å². The number of rotatable bonds is 9. The summed E-state index contributed by atoms with van der Waals surface area (Å²) in [5.41, 5.74) is -0.544. The third kappa shape index (κ3) is 6.15. The van der Waals surface area contributed by atoms with Gasteiger partial charge in [-0.25, -0.2) is 0 Å². The van der Waals surface area contributed by atoms with Gasteiger partial charge in [0.15, 0.2) is 5.69 Å². The molecule has 0 unspecified atom stereocenters. The Morgan fingerprint density at radius 3 is 2.59 bits per heavy atom. The zero-order valence-corrected chi connectivity index (χ0v) is 17.1. The van der Waals surface area contributed by atoms with Crippen molar-refractivity contribution < 1.29 is 27.4 Å². The number of amides is 1. The van der Waals surface area contributed by atoms with E-state index in [0.29, 0.717) is 17.3 Å². The van der Waals surface area contributed by atoms with E-state index in [-0.39, 0.29) is 18.8 Å². The highest BCUT2D eigenvalue weighted by atomic mass is 35.5. The van der Waals surface area contributed by atoms with Crippen LogP contribution in [0.5, 0.6) is 5.75 Å². The molecule has 2 N–H and O–H groups in total. The second-order valence-electron chi connectivity index (χ2n) is 5.82. The summed E-state index contributed by atoms with van der Waals surface area (Å²) < 4.78 is 49.8. The predicted octanol–water partition coefficient (Wildman–Crippen LogP) is 3.59. The van der Waals surface area contributed by atoms with Crippen LogP contribution in [0, 0.1) is 0 Å². The number of benzene rings is 1. The minimum Gasteiger partial charge on any atom is -0.495 e. The molecule has 160 valence electrons. The third-order valence-corrected chi connectivity index (χ3v) is 4.47. The van der Waals surface area contributed by atoms with Gasteiger partial charge in [-0.2, -0.15) is 18.3 Å². The Kier molecular flexibility index (Phi) is 8.00. The lowest BCUT2D eigenvalue weighted by molar-refractivity contribution is -0.141. The first-order chi connectivity index (χ1) is 13.7. The maximum Gasteiger partial charge on any atom is 0.436 e. The van der Waals surface area contributed by atoms with Gasteiger partial charge in [0, 0.05) is 32.0 Å². The fourth-order valence-electron chi connectivity index (χ4n) is 2.43. The summed E-state index contributed by atoms with van der Waals surface area (Å²) in [5.74, 6) is -0.0202. The fourth-order valence-corrected chi connectivity index (χ4v) is 2.92. The maximum absolute atomic E-state index is 13.0. The Morgan fingerprint density at radius 2 is 1.97 bits per heavy atom. The van der Waals surface area contributed by atoms with Crippen LogP contribution < -0.4 is 15.4 Å². The molecule has 0 aliphatic heterocycles. The molecule has 0 saturated carbocycles. The van der Waals surface area contributed by atoms with E-state index in [9.17, 15) is 18.0 Å². The monoisotopic (exact) mass is 454 g/mol. The van der Waals surface area contributed by atoms with Crippen LogP contribution in [-0.4, -0.2) is 43.0 Å². The molecule has 1 aromatic heterocycles. The zero-order valence-electron chi connectivity index (χ0n) is 15.6. The van der Waals surface area contributed by atoms with Crippen molar-refractivity contribution in [2.24, 2.45) is 0 Å². The van der Waals surface area contributed by atoms with Gasteiger partial charge in [0.2, 0.25) is 5.91 Å². The molecule has 0 aliphatic carbocycles. The molecule has 0 aliphatic rings. The Morgan fingerprint density at radius 1 is 1.24 bits per heavy atom. The highest BCUT2D eigenvalue weighted by Gasteiger charge is 2.39. The molecule has 1 heterocycles. The molecular formula is C17H19Cl2F3N4O3. The van der Waals surface area contributed by atoms with Gasteiger partial charge in [0.1, 0.15) is 12.3 Å². The Balaban J connectivity index is 1.92. The van der Waals surface area contributed by atoms with Crippen molar-refractivity contribution in [1.29, 1.82) is 0 Å². The van der Waals surface area contributed by atoms with Gasteiger partial charge < -0.3 is 20.1 Å². The summed E-state index contributed by atoms with van der Waals surface area (Å²) >= 11 is 11.7. The molecule has 1 amide bonds. The van der Waals surface area contributed by atoms with Gasteiger partial charge in [0.25, 0.3) is 0 Å². The van der Waals surface area contributed by atoms with E-state index >= 15 is 0 Å². The van der Waals surface area contributed by atoms with Crippen molar-refractivity contribution in [3.05, 3.63) is 39.6 Å². The first-order valence-electron chi connectivity index (χ1n) is 8.32. The first-order valence-corrected chi connectivity index (χ1v) is 9.08. The number of hydrogen-bond donors (Lipinski definition) is 2. The summed E-state index contributed by atoms with van der Waals surface area (Å²) in [6.45, 7) is -0.0436. The largest absolute Gasteiger partial charge is 0.495 e. The molecule has 0 spiro atoms. The van der Waals surface area contributed by atoms with Crippen LogP contribution in [0.15, 0.2) is 18.2 Å². The minimum atomic E-state index is -4.73. The van der Waals surface area contributed by atoms with Gasteiger partial charge >= 0.3 is 6.18 Å². The lowest BCUT2D eigenvalue weighted by atomic mass is 10.3. The van der Waals surface area contributed by atoms with Crippen LogP contribution in [0.1, 0.15) is 11.4 Å². The molecule has 0 bridgehead atoms. The minimum absolute atomic E-state index is 0.0250. The van der Waals surface area contributed by atoms with Crippen LogP contribution in [0.3, 0.4) is 0 Å². The number of methoxy groups -OCH3 is 2. The zero-order chi connectivity index (χ0) is 21.6. The highest BCUT2D eigenvalue weighted by molar-refractivity contribution is 6.32. The Labute approximate surface area is 175 Å². The fraction of sp³-hybridized carbons (Fsp3) is 0.412. The smallest absolute Gasteiger partial charge is 0.436 e. The topological polar surface area (TPSA) is 77.4 Å². The normalized spacial score (nSPS) is 11.4. The summed E-state index contributed by atoms with van der Waals surface area (Å²) in [5, 5.41) is 8.97. The van der Waals surface area contributed by atoms with E-state index in [1.165, 1.54) is 14.2 Å². The summed E-state index contributed by atoms with van der Waals surface area (Å²) in [6, 6.07) is 5.11. The van der Waals surface area contributed by atoms with E-state index in [2.05, 4.69) is 15.7 Å². The van der Waals surface area contributed by atoms with E-state index in [0.717, 1.165) is 10.4 Å². The molecule has 0 fully saturated rings. The van der Waals surface area contributed by atoms with Gasteiger partial charge in [-0.15, -0.1) is 0 Å². The van der Waals surface area contributed by atoms with Crippen LogP contribution in [0.25, 0.3) is 0 Å². The third-order valence-electron chi connectivity index (χ3n) is 3.76. The number of alkyl halides is 3. The maximum atomic E-state index is 13.0. The number of carbonyl (C=O) groups is 1. The molecule has 0 atom stereocenters. The van der Waals surface area contributed by atoms with Crippen molar-refractivity contribution >= 4 is 34.8 Å². The van der Waals surface area contributed by atoms with Gasteiger partial charge in [-0.1, -0.05) is 23.2 Å². The number of anilines is 1. The molecule has 0 radical (unpaired) electrons. The second-order valence-corrected chi connectivity index (χ2v) is 6.61. The average molecular weight is 455 g/mol. The lowest BCUT2D eigenvalue weighted by Crippen LogP contribution is -2.32. The molecule has 12 heteroatoms. The van der Waals surface area contributed by atoms with Crippen molar-refractivity contribution in [3.8, 4) is 5.75 Å². The Hall–Kier alpha value is -2.17. The van der Waals surface area contributed by atoms with Gasteiger partial charge in [-0.05, 0) is 12.1 Å². The van der Waals surface area contributed by atoms with Crippen LogP contribution in [0.2, 0.25) is 10.0 Å². The van der Waals surface area contributed by atoms with Crippen molar-refractivity contribution in [3.63, 3.8) is 0 Å². The van der Waals surface area contributed by atoms with E-state index < -0.39 is 29.3 Å². The molecule has 1 aromatic carbocycles. The van der Waals surface area contributed by atoms with Crippen LogP contribution >= 0.6 is 23.2 Å². The van der Waals surface area contributed by atoms with Crippen LogP contribution in [-0.2, 0) is 28.9 Å². The Bertz CT molecular complexity index is 859. The number of nitrogens with zero attached hydrogens (tertiary/aromatic N) is 2. The SMILES string of the molecule is COCc1c(Cl)c(C(F)(F)F)nn1CC(=O)NCCNc1ccc(Cl)c(OC)c1. The number of nitrogens with one attached hydrogen (secondary N) is 2. The number of halogens is 5. The van der Waals surface area contributed by atoms with Gasteiger partial charge in [-0.3, -0.25) is 9.48 Å². The molecule has 2 rings (SSSR count). The summed E-state index contributed by atoms with van der Waals surface area (Å²) in [7, 11) is 2.80. The summed E-state index contributed by atoms with van der Waals surface area (Å²) in [4.78, 5) is 12.1. The standard InChI is InChI=1S/C17H19Cl2F3N4O3/c1-28-9-12-15(19)16(17(20,21)22)25-26(12)8-14(27)24-6-5-23-10-3-4-11(18)13(7-10)29-2/h3-4,7,23H,5-6,8-9H2,1-2H3,(H,24,27). The van der Waals surface area contributed by atoms with E-state index in [1.54, 1.807) is 18.2 Å². The highest BCUT2D eigenvalue weighted by Crippen LogP contribution is 2.35. The summed E-state index contributed by atoms with van der Waals surface area (Å²) in [6.07, 6.45) is -4.73. The van der Waals surface area contributed by atoms with Gasteiger partial charge in [0.05, 0.1) is 29.5 Å². The van der Waals surface area contributed by atoms with Crippen LogP contribution in [0.4, 0.5) is 18.9 Å². The van der Waals surface area contributed by atoms with Crippen molar-refractivity contribution in [1.82, 2.24) is 15.1 Å². The quantitative estimate of drug-likeness (QED) is 0.566. The van der Waals surface area contributed by atoms with Crippen molar-refractivity contribution in [2.75, 3.05) is 32.6 Å². The van der Waals surface area contributed by atoms with E-state index in [4.69, 9.17) is 32.7 Å². The number of hydrogen-bond acceptors (Lipinski definition) is 5. The molecular weight excluding hydrogens is 436 g/mol. The molecule has 29 heavy (non-hydrogen) atoms. The number of ether oxygens (including phenoxy) is 2.